The molecule has 112 valence electrons. The molecule has 0 aliphatic carbocycles. The lowest BCUT2D eigenvalue weighted by Gasteiger charge is -2.12. The van der Waals surface area contributed by atoms with Gasteiger partial charge < -0.3 is 14.8 Å². The van der Waals surface area contributed by atoms with Crippen LogP contribution in [0.3, 0.4) is 0 Å². The van der Waals surface area contributed by atoms with Crippen molar-refractivity contribution in [2.75, 3.05) is 26.1 Å². The monoisotopic (exact) mass is 307 g/mol. The third kappa shape index (κ3) is 3.83. The number of aromatic nitrogens is 2. The molecular formula is C15H18ClN3O2. The van der Waals surface area contributed by atoms with Crippen molar-refractivity contribution < 1.29 is 9.47 Å². The van der Waals surface area contributed by atoms with Gasteiger partial charge in [0.05, 0.1) is 12.8 Å². The van der Waals surface area contributed by atoms with Crippen LogP contribution in [0, 0.1) is 0 Å². The first-order valence-corrected chi connectivity index (χ1v) is 7.00. The third-order valence-electron chi connectivity index (χ3n) is 2.84. The zero-order chi connectivity index (χ0) is 15.2. The van der Waals surface area contributed by atoms with Crippen LogP contribution < -0.4 is 10.1 Å². The Bertz CT molecular complexity index is 596. The zero-order valence-corrected chi connectivity index (χ0v) is 13.1. The number of benzene rings is 1. The summed E-state index contributed by atoms with van der Waals surface area (Å²) in [7, 11) is 3.23. The molecule has 0 atom stereocenters. The summed E-state index contributed by atoms with van der Waals surface area (Å²) in [6.07, 6.45) is 0. The molecule has 0 aliphatic rings. The van der Waals surface area contributed by atoms with Crippen molar-refractivity contribution in [2.45, 2.75) is 13.5 Å². The molecule has 5 nitrogen and oxygen atoms in total. The SMILES string of the molecule is CCNc1cc(-c2cc(Cl)ccc2OC)nc(COC)n1. The largest absolute Gasteiger partial charge is 0.496 e. The van der Waals surface area contributed by atoms with E-state index in [1.165, 1.54) is 0 Å². The van der Waals surface area contributed by atoms with Crippen LogP contribution in [0.2, 0.25) is 5.02 Å². The average Bonchev–Trinajstić information content (AvgIpc) is 2.47. The molecule has 0 fully saturated rings. The van der Waals surface area contributed by atoms with Crippen molar-refractivity contribution >= 4 is 17.4 Å². The van der Waals surface area contributed by atoms with E-state index in [1.807, 2.05) is 25.1 Å². The lowest BCUT2D eigenvalue weighted by Crippen LogP contribution is -2.05. The second-order valence-electron chi connectivity index (χ2n) is 4.36. The van der Waals surface area contributed by atoms with Gasteiger partial charge in [0.15, 0.2) is 5.82 Å². The quantitative estimate of drug-likeness (QED) is 0.886. The summed E-state index contributed by atoms with van der Waals surface area (Å²) < 4.78 is 10.5. The second kappa shape index (κ2) is 7.24. The van der Waals surface area contributed by atoms with Gasteiger partial charge in [-0.25, -0.2) is 9.97 Å². The topological polar surface area (TPSA) is 56.3 Å². The van der Waals surface area contributed by atoms with Crippen molar-refractivity contribution in [2.24, 2.45) is 0 Å². The van der Waals surface area contributed by atoms with Gasteiger partial charge in [-0.15, -0.1) is 0 Å². The van der Waals surface area contributed by atoms with Crippen LogP contribution in [0.25, 0.3) is 11.3 Å². The highest BCUT2D eigenvalue weighted by Crippen LogP contribution is 2.32. The van der Waals surface area contributed by atoms with Crippen LogP contribution in [-0.2, 0) is 11.3 Å². The summed E-state index contributed by atoms with van der Waals surface area (Å²) in [5.74, 6) is 2.06. The molecule has 0 saturated heterocycles. The van der Waals surface area contributed by atoms with Crippen molar-refractivity contribution in [3.8, 4) is 17.0 Å². The van der Waals surface area contributed by atoms with E-state index in [2.05, 4.69) is 15.3 Å². The highest BCUT2D eigenvalue weighted by molar-refractivity contribution is 6.30. The predicted octanol–water partition coefficient (Wildman–Crippen LogP) is 3.38. The fraction of sp³-hybridized carbons (Fsp3) is 0.333. The number of nitrogens with one attached hydrogen (secondary N) is 1. The van der Waals surface area contributed by atoms with Gasteiger partial charge in [-0.2, -0.15) is 0 Å². The molecule has 0 bridgehead atoms. The fourth-order valence-electron chi connectivity index (χ4n) is 1.98. The molecule has 1 aromatic heterocycles. The molecule has 1 N–H and O–H groups in total. The van der Waals surface area contributed by atoms with Crippen LogP contribution in [-0.4, -0.2) is 30.7 Å². The molecule has 21 heavy (non-hydrogen) atoms. The maximum Gasteiger partial charge on any atom is 0.157 e. The van der Waals surface area contributed by atoms with Gasteiger partial charge in [0, 0.05) is 30.3 Å². The van der Waals surface area contributed by atoms with Gasteiger partial charge in [0.1, 0.15) is 18.2 Å². The second-order valence-corrected chi connectivity index (χ2v) is 4.80. The molecule has 0 radical (unpaired) electrons. The minimum atomic E-state index is 0.342. The molecule has 0 unspecified atom stereocenters. The van der Waals surface area contributed by atoms with E-state index in [4.69, 9.17) is 21.1 Å². The van der Waals surface area contributed by atoms with Crippen LogP contribution in [0.4, 0.5) is 5.82 Å². The molecule has 0 aliphatic heterocycles. The standard InChI is InChI=1S/C15H18ClN3O2/c1-4-17-14-8-12(18-15(19-14)9-20-2)11-7-10(16)5-6-13(11)21-3/h5-8H,4,9H2,1-3H3,(H,17,18,19). The summed E-state index contributed by atoms with van der Waals surface area (Å²) >= 11 is 6.09. The number of methoxy groups -OCH3 is 2. The average molecular weight is 308 g/mol. The first-order valence-electron chi connectivity index (χ1n) is 6.62. The van der Waals surface area contributed by atoms with Crippen molar-refractivity contribution in [3.05, 3.63) is 35.1 Å². The Morgan fingerprint density at radius 3 is 2.67 bits per heavy atom. The Balaban J connectivity index is 2.53. The fourth-order valence-corrected chi connectivity index (χ4v) is 2.15. The number of anilines is 1. The number of hydrogen-bond acceptors (Lipinski definition) is 5. The number of nitrogens with zero attached hydrogens (tertiary/aromatic N) is 2. The lowest BCUT2D eigenvalue weighted by atomic mass is 10.1. The van der Waals surface area contributed by atoms with Gasteiger partial charge in [-0.3, -0.25) is 0 Å². The minimum absolute atomic E-state index is 0.342. The zero-order valence-electron chi connectivity index (χ0n) is 12.3. The normalized spacial score (nSPS) is 10.5. The van der Waals surface area contributed by atoms with Gasteiger partial charge in [0.2, 0.25) is 0 Å². The van der Waals surface area contributed by atoms with Crippen molar-refractivity contribution in [3.63, 3.8) is 0 Å². The van der Waals surface area contributed by atoms with E-state index in [0.29, 0.717) is 23.2 Å². The molecule has 1 heterocycles. The molecule has 6 heteroatoms. The number of ether oxygens (including phenoxy) is 2. The van der Waals surface area contributed by atoms with E-state index < -0.39 is 0 Å². The lowest BCUT2D eigenvalue weighted by molar-refractivity contribution is 0.178. The number of rotatable bonds is 6. The van der Waals surface area contributed by atoms with Crippen LogP contribution in [0.1, 0.15) is 12.7 Å². The molecule has 0 amide bonds. The number of halogens is 1. The maximum atomic E-state index is 6.09. The van der Waals surface area contributed by atoms with Crippen LogP contribution in [0.5, 0.6) is 5.75 Å². The van der Waals surface area contributed by atoms with E-state index in [9.17, 15) is 0 Å². The van der Waals surface area contributed by atoms with Crippen LogP contribution in [0.15, 0.2) is 24.3 Å². The summed E-state index contributed by atoms with van der Waals surface area (Å²) in [5, 5.41) is 3.82. The van der Waals surface area contributed by atoms with Crippen molar-refractivity contribution in [1.29, 1.82) is 0 Å². The summed E-state index contributed by atoms with van der Waals surface area (Å²) in [4.78, 5) is 8.91. The molecule has 0 saturated carbocycles. The summed E-state index contributed by atoms with van der Waals surface area (Å²) in [6.45, 7) is 3.13. The van der Waals surface area contributed by atoms with E-state index >= 15 is 0 Å². The molecular weight excluding hydrogens is 290 g/mol. The highest BCUT2D eigenvalue weighted by atomic mass is 35.5. The Morgan fingerprint density at radius 2 is 2.00 bits per heavy atom. The van der Waals surface area contributed by atoms with Gasteiger partial charge >= 0.3 is 0 Å². The first kappa shape index (κ1) is 15.5. The van der Waals surface area contributed by atoms with Gasteiger partial charge in [0.25, 0.3) is 0 Å². The van der Waals surface area contributed by atoms with Crippen LogP contribution >= 0.6 is 11.6 Å². The Labute approximate surface area is 129 Å². The van der Waals surface area contributed by atoms with E-state index in [-0.39, 0.29) is 0 Å². The minimum Gasteiger partial charge on any atom is -0.496 e. The van der Waals surface area contributed by atoms with E-state index in [0.717, 1.165) is 23.6 Å². The Morgan fingerprint density at radius 1 is 1.19 bits per heavy atom. The molecule has 2 aromatic rings. The summed E-state index contributed by atoms with van der Waals surface area (Å²) in [6, 6.07) is 7.31. The van der Waals surface area contributed by atoms with Crippen molar-refractivity contribution in [1.82, 2.24) is 9.97 Å². The highest BCUT2D eigenvalue weighted by Gasteiger charge is 2.11. The maximum absolute atomic E-state index is 6.09. The third-order valence-corrected chi connectivity index (χ3v) is 3.08. The predicted molar refractivity (Wildman–Crippen MR) is 83.9 cm³/mol. The molecule has 1 aromatic carbocycles. The summed E-state index contributed by atoms with van der Waals surface area (Å²) in [5.41, 5.74) is 1.57. The first-order chi connectivity index (χ1) is 10.2. The molecule has 2 rings (SSSR count). The Kier molecular flexibility index (Phi) is 5.36. The van der Waals surface area contributed by atoms with E-state index in [1.54, 1.807) is 20.3 Å². The molecule has 0 spiro atoms. The number of hydrogen-bond donors (Lipinski definition) is 1. The van der Waals surface area contributed by atoms with Gasteiger partial charge in [-0.1, -0.05) is 11.6 Å². The van der Waals surface area contributed by atoms with Gasteiger partial charge in [-0.05, 0) is 25.1 Å². The smallest absolute Gasteiger partial charge is 0.157 e. The Hall–Kier alpha value is -1.85.